The first-order valence-corrected chi connectivity index (χ1v) is 12.0. The monoisotopic (exact) mass is 459 g/mol. The summed E-state index contributed by atoms with van der Waals surface area (Å²) in [6.45, 7) is 5.61. The van der Waals surface area contributed by atoms with Crippen LogP contribution in [0.2, 0.25) is 0 Å². The number of aryl methyl sites for hydroxylation is 2. The minimum atomic E-state index is -4.09. The number of likely N-dealkylation sites (N-methyl/N-ethyl adjacent to an activating group) is 1. The zero-order valence-corrected chi connectivity index (χ0v) is 19.7. The molecular formula is C23H29N3O5S. The number of ether oxygens (including phenoxy) is 1. The Balaban J connectivity index is 1.75. The van der Waals surface area contributed by atoms with Crippen molar-refractivity contribution in [2.24, 2.45) is 0 Å². The average molecular weight is 460 g/mol. The van der Waals surface area contributed by atoms with Crippen LogP contribution in [0.4, 0.5) is 0 Å². The third-order valence-electron chi connectivity index (χ3n) is 5.53. The lowest BCUT2D eigenvalue weighted by atomic mass is 9.99. The van der Waals surface area contributed by atoms with Crippen molar-refractivity contribution in [1.82, 2.24) is 14.2 Å². The molecule has 1 aromatic carbocycles. The van der Waals surface area contributed by atoms with Crippen LogP contribution in [0.5, 0.6) is 0 Å². The van der Waals surface area contributed by atoms with Gasteiger partial charge in [-0.15, -0.1) is 0 Å². The highest BCUT2D eigenvalue weighted by Gasteiger charge is 2.34. The molecule has 1 aromatic heterocycles. The molecule has 0 bridgehead atoms. The van der Waals surface area contributed by atoms with E-state index in [1.807, 2.05) is 36.4 Å². The lowest BCUT2D eigenvalue weighted by molar-refractivity contribution is -0.130. The third-order valence-corrected chi connectivity index (χ3v) is 7.51. The first-order chi connectivity index (χ1) is 15.2. The predicted octanol–water partition coefficient (Wildman–Crippen LogP) is 2.74. The lowest BCUT2D eigenvalue weighted by Gasteiger charge is -2.28. The number of rotatable bonds is 7. The summed E-state index contributed by atoms with van der Waals surface area (Å²) in [4.78, 5) is 29.6. The van der Waals surface area contributed by atoms with Crippen molar-refractivity contribution in [1.29, 1.82) is 0 Å². The van der Waals surface area contributed by atoms with Gasteiger partial charge in [0.1, 0.15) is 10.5 Å². The summed E-state index contributed by atoms with van der Waals surface area (Å²) in [7, 11) is -2.75. The Morgan fingerprint density at radius 1 is 1.16 bits per heavy atom. The smallest absolute Gasteiger partial charge is 0.341 e. The van der Waals surface area contributed by atoms with E-state index in [2.05, 4.69) is 4.98 Å². The highest BCUT2D eigenvalue weighted by atomic mass is 32.2. The minimum absolute atomic E-state index is 0.0166. The molecule has 0 saturated heterocycles. The SMILES string of the molecule is CCOC(=O)c1c(C)[nH]c(C)c1S(=O)(=O)N(C)CC(=O)N1CC=C(c2ccccc2)CC1. The van der Waals surface area contributed by atoms with Crippen molar-refractivity contribution in [2.45, 2.75) is 32.1 Å². The van der Waals surface area contributed by atoms with Crippen molar-refractivity contribution in [3.63, 3.8) is 0 Å². The van der Waals surface area contributed by atoms with Crippen LogP contribution >= 0.6 is 0 Å². The van der Waals surface area contributed by atoms with Gasteiger partial charge in [-0.25, -0.2) is 13.2 Å². The van der Waals surface area contributed by atoms with Gasteiger partial charge >= 0.3 is 5.97 Å². The molecule has 1 amide bonds. The Morgan fingerprint density at radius 2 is 1.84 bits per heavy atom. The number of carbonyl (C=O) groups is 2. The number of hydrogen-bond acceptors (Lipinski definition) is 5. The van der Waals surface area contributed by atoms with E-state index in [0.29, 0.717) is 30.9 Å². The Labute approximate surface area is 188 Å². The minimum Gasteiger partial charge on any atom is -0.462 e. The van der Waals surface area contributed by atoms with Gasteiger partial charge in [-0.2, -0.15) is 4.31 Å². The van der Waals surface area contributed by atoms with E-state index in [0.717, 1.165) is 9.87 Å². The average Bonchev–Trinajstić information content (AvgIpc) is 3.09. The number of nitrogens with one attached hydrogen (secondary N) is 1. The van der Waals surface area contributed by atoms with Gasteiger partial charge in [-0.05, 0) is 38.3 Å². The normalized spacial score (nSPS) is 14.4. The number of amides is 1. The van der Waals surface area contributed by atoms with Gasteiger partial charge in [-0.1, -0.05) is 36.4 Å². The fourth-order valence-electron chi connectivity index (χ4n) is 3.87. The molecule has 0 aliphatic carbocycles. The molecular weight excluding hydrogens is 430 g/mol. The number of carbonyl (C=O) groups excluding carboxylic acids is 2. The molecule has 0 unspecified atom stereocenters. The molecule has 8 nitrogen and oxygen atoms in total. The molecule has 0 atom stereocenters. The molecule has 32 heavy (non-hydrogen) atoms. The Kier molecular flexibility index (Phi) is 7.20. The number of hydrogen-bond donors (Lipinski definition) is 1. The number of aromatic amines is 1. The van der Waals surface area contributed by atoms with Gasteiger partial charge < -0.3 is 14.6 Å². The summed E-state index contributed by atoms with van der Waals surface area (Å²) >= 11 is 0. The highest BCUT2D eigenvalue weighted by molar-refractivity contribution is 7.89. The molecule has 1 aliphatic rings. The maximum atomic E-state index is 13.3. The molecule has 0 fully saturated rings. The van der Waals surface area contributed by atoms with Crippen LogP contribution in [-0.2, 0) is 19.6 Å². The van der Waals surface area contributed by atoms with Gasteiger partial charge in [0, 0.05) is 31.5 Å². The standard InChI is InChI=1S/C23H29N3O5S/c1-5-31-23(28)21-16(2)24-17(3)22(21)32(29,30)25(4)15-20(27)26-13-11-19(12-14-26)18-9-7-6-8-10-18/h6-11,24H,5,12-15H2,1-4H3. The van der Waals surface area contributed by atoms with Gasteiger partial charge in [0.25, 0.3) is 0 Å². The molecule has 172 valence electrons. The third kappa shape index (κ3) is 4.78. The lowest BCUT2D eigenvalue weighted by Crippen LogP contribution is -2.43. The second kappa shape index (κ2) is 9.70. The second-order valence-corrected chi connectivity index (χ2v) is 9.73. The van der Waals surface area contributed by atoms with Crippen LogP contribution in [0.3, 0.4) is 0 Å². The maximum Gasteiger partial charge on any atom is 0.341 e. The number of nitrogens with zero attached hydrogens (tertiary/aromatic N) is 2. The number of esters is 1. The van der Waals surface area contributed by atoms with E-state index in [-0.39, 0.29) is 29.5 Å². The fourth-order valence-corrected chi connectivity index (χ4v) is 5.40. The molecule has 2 heterocycles. The van der Waals surface area contributed by atoms with Crippen LogP contribution in [0.1, 0.15) is 40.7 Å². The Bertz CT molecular complexity index is 1140. The summed E-state index contributed by atoms with van der Waals surface area (Å²) < 4.78 is 32.6. The summed E-state index contributed by atoms with van der Waals surface area (Å²) in [5.74, 6) is -0.996. The Morgan fingerprint density at radius 3 is 2.44 bits per heavy atom. The molecule has 3 rings (SSSR count). The van der Waals surface area contributed by atoms with Gasteiger partial charge in [0.05, 0.1) is 13.2 Å². The zero-order chi connectivity index (χ0) is 23.5. The number of benzene rings is 1. The largest absolute Gasteiger partial charge is 0.462 e. The van der Waals surface area contributed by atoms with E-state index in [4.69, 9.17) is 4.74 Å². The first kappa shape index (κ1) is 23.7. The molecule has 0 saturated carbocycles. The van der Waals surface area contributed by atoms with Crippen LogP contribution in [0.25, 0.3) is 5.57 Å². The van der Waals surface area contributed by atoms with Crippen LogP contribution in [0, 0.1) is 13.8 Å². The molecule has 0 radical (unpaired) electrons. The molecule has 0 spiro atoms. The van der Waals surface area contributed by atoms with E-state index < -0.39 is 16.0 Å². The van der Waals surface area contributed by atoms with Gasteiger partial charge in [0.2, 0.25) is 15.9 Å². The Hall–Kier alpha value is -2.91. The van der Waals surface area contributed by atoms with E-state index in [1.54, 1.807) is 25.7 Å². The summed E-state index contributed by atoms with van der Waals surface area (Å²) in [6, 6.07) is 9.98. The number of sulfonamides is 1. The molecule has 1 N–H and O–H groups in total. The van der Waals surface area contributed by atoms with Crippen LogP contribution in [0.15, 0.2) is 41.3 Å². The van der Waals surface area contributed by atoms with Gasteiger partial charge in [-0.3, -0.25) is 4.79 Å². The van der Waals surface area contributed by atoms with Crippen LogP contribution in [-0.4, -0.2) is 67.8 Å². The predicted molar refractivity (Wildman–Crippen MR) is 122 cm³/mol. The quantitative estimate of drug-likeness (QED) is 0.642. The van der Waals surface area contributed by atoms with E-state index in [9.17, 15) is 18.0 Å². The summed E-state index contributed by atoms with van der Waals surface area (Å²) in [5.41, 5.74) is 3.03. The molecule has 1 aliphatic heterocycles. The van der Waals surface area contributed by atoms with Crippen molar-refractivity contribution < 1.29 is 22.7 Å². The second-order valence-electron chi connectivity index (χ2n) is 7.75. The van der Waals surface area contributed by atoms with E-state index in [1.165, 1.54) is 12.6 Å². The topological polar surface area (TPSA) is 99.8 Å². The van der Waals surface area contributed by atoms with Gasteiger partial charge in [0.15, 0.2) is 0 Å². The molecule has 2 aromatic rings. The van der Waals surface area contributed by atoms with Crippen LogP contribution < -0.4 is 0 Å². The summed E-state index contributed by atoms with van der Waals surface area (Å²) in [6.07, 6.45) is 2.71. The van der Waals surface area contributed by atoms with Crippen molar-refractivity contribution in [2.75, 3.05) is 33.3 Å². The first-order valence-electron chi connectivity index (χ1n) is 10.5. The fraction of sp³-hybridized carbons (Fsp3) is 0.391. The zero-order valence-electron chi connectivity index (χ0n) is 18.8. The highest BCUT2D eigenvalue weighted by Crippen LogP contribution is 2.27. The maximum absolute atomic E-state index is 13.3. The molecule has 9 heteroatoms. The van der Waals surface area contributed by atoms with Crippen molar-refractivity contribution in [3.8, 4) is 0 Å². The number of aromatic nitrogens is 1. The van der Waals surface area contributed by atoms with E-state index >= 15 is 0 Å². The summed E-state index contributed by atoms with van der Waals surface area (Å²) in [5, 5.41) is 0. The van der Waals surface area contributed by atoms with Crippen molar-refractivity contribution >= 4 is 27.5 Å². The van der Waals surface area contributed by atoms with Crippen molar-refractivity contribution in [3.05, 3.63) is 58.9 Å². The number of H-pyrrole nitrogens is 1.